The minimum Gasteiger partial charge on any atom is -0.349 e. The quantitative estimate of drug-likeness (QED) is 0.930. The molecular formula is C15H19N3O2. The van der Waals surface area contributed by atoms with Crippen molar-refractivity contribution in [3.8, 4) is 11.5 Å². The highest BCUT2D eigenvalue weighted by molar-refractivity contribution is 5.76. The van der Waals surface area contributed by atoms with Crippen LogP contribution >= 0.6 is 0 Å². The van der Waals surface area contributed by atoms with Crippen molar-refractivity contribution in [2.75, 3.05) is 0 Å². The molecule has 1 amide bonds. The maximum atomic E-state index is 11.7. The van der Waals surface area contributed by atoms with Crippen molar-refractivity contribution in [1.29, 1.82) is 0 Å². The summed E-state index contributed by atoms with van der Waals surface area (Å²) in [5.74, 6) is 0.931. The van der Waals surface area contributed by atoms with Crippen LogP contribution in [0.4, 0.5) is 0 Å². The number of carbonyl (C=O) groups excluding carboxylic acids is 1. The van der Waals surface area contributed by atoms with E-state index in [0.29, 0.717) is 18.1 Å². The molecule has 0 spiro atoms. The highest BCUT2D eigenvalue weighted by Crippen LogP contribution is 2.18. The molecule has 0 aliphatic carbocycles. The average molecular weight is 273 g/mol. The van der Waals surface area contributed by atoms with E-state index in [9.17, 15) is 4.79 Å². The van der Waals surface area contributed by atoms with E-state index in [1.54, 1.807) is 0 Å². The third-order valence-electron chi connectivity index (χ3n) is 2.62. The topological polar surface area (TPSA) is 68.0 Å². The van der Waals surface area contributed by atoms with Gasteiger partial charge in [0, 0.05) is 12.0 Å². The van der Waals surface area contributed by atoms with Gasteiger partial charge in [-0.25, -0.2) is 0 Å². The number of aromatic nitrogens is 2. The highest BCUT2D eigenvalue weighted by atomic mass is 16.5. The molecule has 0 fully saturated rings. The molecule has 0 saturated carbocycles. The van der Waals surface area contributed by atoms with Gasteiger partial charge in [-0.1, -0.05) is 44.1 Å². The summed E-state index contributed by atoms with van der Waals surface area (Å²) in [7, 11) is 0. The smallest absolute Gasteiger partial charge is 0.257 e. The molecule has 0 atom stereocenters. The van der Waals surface area contributed by atoms with E-state index >= 15 is 0 Å². The number of nitrogens with zero attached hydrogens (tertiary/aromatic N) is 2. The van der Waals surface area contributed by atoms with Crippen LogP contribution in [-0.4, -0.2) is 16.0 Å². The van der Waals surface area contributed by atoms with Crippen LogP contribution in [0.2, 0.25) is 0 Å². The largest absolute Gasteiger partial charge is 0.349 e. The molecule has 0 saturated heterocycles. The van der Waals surface area contributed by atoms with Gasteiger partial charge in [-0.3, -0.25) is 4.79 Å². The Kier molecular flexibility index (Phi) is 4.17. The first-order chi connectivity index (χ1) is 9.44. The third-order valence-corrected chi connectivity index (χ3v) is 2.62. The molecule has 106 valence electrons. The molecule has 0 aliphatic rings. The van der Waals surface area contributed by atoms with Crippen LogP contribution in [0.5, 0.6) is 0 Å². The van der Waals surface area contributed by atoms with Gasteiger partial charge < -0.3 is 9.84 Å². The fourth-order valence-corrected chi connectivity index (χ4v) is 1.75. The zero-order valence-electron chi connectivity index (χ0n) is 12.0. The fraction of sp³-hybridized carbons (Fsp3) is 0.400. The Morgan fingerprint density at radius 1 is 1.25 bits per heavy atom. The monoisotopic (exact) mass is 273 g/mol. The number of hydrogen-bond acceptors (Lipinski definition) is 4. The molecule has 0 bridgehead atoms. The van der Waals surface area contributed by atoms with Crippen molar-refractivity contribution in [3.63, 3.8) is 0 Å². The van der Waals surface area contributed by atoms with Crippen LogP contribution in [-0.2, 0) is 11.3 Å². The Balaban J connectivity index is 1.92. The predicted octanol–water partition coefficient (Wildman–Crippen LogP) is 2.79. The molecular weight excluding hydrogens is 254 g/mol. The van der Waals surface area contributed by atoms with Gasteiger partial charge >= 0.3 is 0 Å². The average Bonchev–Trinajstić information content (AvgIpc) is 2.84. The molecule has 1 heterocycles. The van der Waals surface area contributed by atoms with Gasteiger partial charge in [0.2, 0.25) is 5.91 Å². The summed E-state index contributed by atoms with van der Waals surface area (Å²) in [5.41, 5.74) is 0.837. The Morgan fingerprint density at radius 3 is 2.60 bits per heavy atom. The van der Waals surface area contributed by atoms with Crippen LogP contribution in [0.15, 0.2) is 34.9 Å². The summed E-state index contributed by atoms with van der Waals surface area (Å²) in [5, 5.41) is 6.66. The summed E-state index contributed by atoms with van der Waals surface area (Å²) in [6.07, 6.45) is 0.469. The lowest BCUT2D eigenvalue weighted by molar-refractivity contribution is -0.123. The molecule has 0 unspecified atom stereocenters. The number of nitrogens with one attached hydrogen (secondary N) is 1. The summed E-state index contributed by atoms with van der Waals surface area (Å²) < 4.78 is 5.17. The maximum absolute atomic E-state index is 11.7. The normalized spacial score (nSPS) is 11.3. The van der Waals surface area contributed by atoms with E-state index in [-0.39, 0.29) is 17.9 Å². The van der Waals surface area contributed by atoms with E-state index in [0.717, 1.165) is 5.56 Å². The van der Waals surface area contributed by atoms with Crippen molar-refractivity contribution in [1.82, 2.24) is 15.5 Å². The van der Waals surface area contributed by atoms with Crippen molar-refractivity contribution < 1.29 is 9.32 Å². The molecule has 2 aromatic rings. The van der Waals surface area contributed by atoms with Gasteiger partial charge in [0.15, 0.2) is 5.82 Å². The van der Waals surface area contributed by atoms with Crippen molar-refractivity contribution in [2.45, 2.75) is 33.7 Å². The molecule has 0 radical (unpaired) electrons. The zero-order chi connectivity index (χ0) is 14.6. The van der Waals surface area contributed by atoms with E-state index in [4.69, 9.17) is 4.52 Å². The minimum atomic E-state index is -0.0312. The van der Waals surface area contributed by atoms with E-state index in [1.165, 1.54) is 0 Å². The molecule has 1 aromatic heterocycles. The lowest BCUT2D eigenvalue weighted by Gasteiger charge is -2.16. The van der Waals surface area contributed by atoms with Gasteiger partial charge in [-0.05, 0) is 17.5 Å². The fourth-order valence-electron chi connectivity index (χ4n) is 1.75. The Labute approximate surface area is 118 Å². The van der Waals surface area contributed by atoms with Crippen molar-refractivity contribution >= 4 is 5.91 Å². The molecule has 5 heteroatoms. The van der Waals surface area contributed by atoms with E-state index in [2.05, 4.69) is 15.5 Å². The minimum absolute atomic E-state index is 0.0106. The number of rotatable bonds is 4. The number of benzene rings is 1. The predicted molar refractivity (Wildman–Crippen MR) is 75.7 cm³/mol. The highest BCUT2D eigenvalue weighted by Gasteiger charge is 2.16. The summed E-state index contributed by atoms with van der Waals surface area (Å²) in [4.78, 5) is 16.0. The Hall–Kier alpha value is -2.17. The molecule has 5 nitrogen and oxygen atoms in total. The van der Waals surface area contributed by atoms with Crippen LogP contribution in [0.3, 0.4) is 0 Å². The Bertz CT molecular complexity index is 570. The standard InChI is InChI=1S/C15H19N3O2/c1-15(2,3)9-13(19)16-10-12-17-14(20-18-12)11-7-5-4-6-8-11/h4-8H,9-10H2,1-3H3,(H,16,19). The van der Waals surface area contributed by atoms with E-state index < -0.39 is 0 Å². The molecule has 1 N–H and O–H groups in total. The lowest BCUT2D eigenvalue weighted by atomic mass is 9.92. The molecule has 2 rings (SSSR count). The lowest BCUT2D eigenvalue weighted by Crippen LogP contribution is -2.27. The van der Waals surface area contributed by atoms with Crippen LogP contribution in [0, 0.1) is 5.41 Å². The van der Waals surface area contributed by atoms with Crippen LogP contribution in [0.1, 0.15) is 33.0 Å². The van der Waals surface area contributed by atoms with Crippen molar-refractivity contribution in [2.24, 2.45) is 5.41 Å². The SMILES string of the molecule is CC(C)(C)CC(=O)NCc1noc(-c2ccccc2)n1. The second kappa shape index (κ2) is 5.86. The van der Waals surface area contributed by atoms with E-state index in [1.807, 2.05) is 51.1 Å². The zero-order valence-corrected chi connectivity index (χ0v) is 12.0. The second-order valence-corrected chi connectivity index (χ2v) is 5.90. The Morgan fingerprint density at radius 2 is 1.95 bits per heavy atom. The van der Waals surface area contributed by atoms with Crippen LogP contribution < -0.4 is 5.32 Å². The third kappa shape index (κ3) is 4.19. The molecule has 1 aromatic carbocycles. The maximum Gasteiger partial charge on any atom is 0.257 e. The van der Waals surface area contributed by atoms with Gasteiger partial charge in [-0.2, -0.15) is 4.98 Å². The number of hydrogen-bond donors (Lipinski definition) is 1. The molecule has 0 aliphatic heterocycles. The summed E-state index contributed by atoms with van der Waals surface area (Å²) >= 11 is 0. The van der Waals surface area contributed by atoms with Gasteiger partial charge in [0.05, 0.1) is 6.54 Å². The summed E-state index contributed by atoms with van der Waals surface area (Å²) in [6.45, 7) is 6.35. The second-order valence-electron chi connectivity index (χ2n) is 5.90. The van der Waals surface area contributed by atoms with Crippen molar-refractivity contribution in [3.05, 3.63) is 36.2 Å². The first kappa shape index (κ1) is 14.2. The number of carbonyl (C=O) groups is 1. The number of amides is 1. The van der Waals surface area contributed by atoms with Gasteiger partial charge in [0.1, 0.15) is 0 Å². The first-order valence-electron chi connectivity index (χ1n) is 6.59. The molecule has 20 heavy (non-hydrogen) atoms. The van der Waals surface area contributed by atoms with Gasteiger partial charge in [0.25, 0.3) is 5.89 Å². The summed E-state index contributed by atoms with van der Waals surface area (Å²) in [6, 6.07) is 9.53. The van der Waals surface area contributed by atoms with Gasteiger partial charge in [-0.15, -0.1) is 0 Å². The van der Waals surface area contributed by atoms with Crippen LogP contribution in [0.25, 0.3) is 11.5 Å². The first-order valence-corrected chi connectivity index (χ1v) is 6.59.